The molecule has 3 fully saturated rings. The maximum Gasteiger partial charge on any atom is 0.255 e. The molecule has 7 heteroatoms. The SMILES string of the molecule is Cc1cc(C(=O)N2C[C@H]3C[C@H](c4nnc(C5CC5)o4)O[C@H]3C2)c(C)[nH]1. The first-order chi connectivity index (χ1) is 12.1. The van der Waals surface area contributed by atoms with Gasteiger partial charge >= 0.3 is 0 Å². The summed E-state index contributed by atoms with van der Waals surface area (Å²) in [5.41, 5.74) is 2.70. The van der Waals surface area contributed by atoms with Crippen LogP contribution in [0.5, 0.6) is 0 Å². The van der Waals surface area contributed by atoms with Crippen LogP contribution in [0.25, 0.3) is 0 Å². The predicted octanol–water partition coefficient (Wildman–Crippen LogP) is 2.49. The molecule has 1 amide bonds. The Morgan fingerprint density at radius 1 is 1.24 bits per heavy atom. The third-order valence-corrected chi connectivity index (χ3v) is 5.56. The standard InChI is InChI=1S/C18H22N4O3/c1-9-5-13(10(2)19-9)18(23)22-7-12-6-14(24-15(12)8-22)17-21-20-16(25-17)11-3-4-11/h5,11-12,14-15,19H,3-4,6-8H2,1-2H3/t12-,14-,15+/m1/s1. The van der Waals surface area contributed by atoms with Gasteiger partial charge in [-0.1, -0.05) is 0 Å². The fourth-order valence-electron chi connectivity index (χ4n) is 4.08. The van der Waals surface area contributed by atoms with Crippen LogP contribution in [0.2, 0.25) is 0 Å². The Morgan fingerprint density at radius 2 is 2.04 bits per heavy atom. The average molecular weight is 342 g/mol. The highest BCUT2D eigenvalue weighted by Crippen LogP contribution is 2.43. The summed E-state index contributed by atoms with van der Waals surface area (Å²) in [5, 5.41) is 8.32. The average Bonchev–Trinajstić information content (AvgIpc) is 2.93. The Balaban J connectivity index is 1.25. The molecule has 7 nitrogen and oxygen atoms in total. The molecule has 25 heavy (non-hydrogen) atoms. The van der Waals surface area contributed by atoms with E-state index in [0.29, 0.717) is 24.3 Å². The van der Waals surface area contributed by atoms with Gasteiger partial charge in [-0.25, -0.2) is 0 Å². The molecule has 1 aliphatic carbocycles. The number of hydrogen-bond acceptors (Lipinski definition) is 5. The molecule has 0 unspecified atom stereocenters. The smallest absolute Gasteiger partial charge is 0.255 e. The van der Waals surface area contributed by atoms with Crippen LogP contribution in [0.1, 0.15) is 64.8 Å². The lowest BCUT2D eigenvalue weighted by Crippen LogP contribution is -2.31. The molecule has 3 aliphatic rings. The molecule has 0 radical (unpaired) electrons. The number of rotatable bonds is 3. The number of carbonyl (C=O) groups is 1. The normalized spacial score (nSPS) is 28.6. The Bertz CT molecular complexity index is 808. The molecule has 0 aromatic carbocycles. The number of nitrogens with one attached hydrogen (secondary N) is 1. The first kappa shape index (κ1) is 15.1. The number of aromatic nitrogens is 3. The molecule has 1 N–H and O–H groups in total. The molecule has 0 spiro atoms. The first-order valence-electron chi connectivity index (χ1n) is 9.02. The van der Waals surface area contributed by atoms with Crippen LogP contribution in [0.3, 0.4) is 0 Å². The Hall–Kier alpha value is -2.15. The summed E-state index contributed by atoms with van der Waals surface area (Å²) in [4.78, 5) is 17.9. The van der Waals surface area contributed by atoms with Gasteiger partial charge < -0.3 is 19.0 Å². The fourth-order valence-corrected chi connectivity index (χ4v) is 4.08. The van der Waals surface area contributed by atoms with Crippen molar-refractivity contribution in [2.45, 2.75) is 51.2 Å². The zero-order valence-electron chi connectivity index (χ0n) is 14.5. The van der Waals surface area contributed by atoms with E-state index in [-0.39, 0.29) is 18.1 Å². The van der Waals surface area contributed by atoms with Crippen LogP contribution < -0.4 is 0 Å². The summed E-state index contributed by atoms with van der Waals surface area (Å²) in [6, 6.07) is 1.92. The number of nitrogens with zero attached hydrogens (tertiary/aromatic N) is 3. The number of fused-ring (bicyclic) bond motifs is 1. The Kier molecular flexibility index (Phi) is 3.28. The van der Waals surface area contributed by atoms with Crippen LogP contribution >= 0.6 is 0 Å². The molecular weight excluding hydrogens is 320 g/mol. The largest absolute Gasteiger partial charge is 0.422 e. The zero-order chi connectivity index (χ0) is 17.1. The number of likely N-dealkylation sites (tertiary alicyclic amines) is 1. The number of amides is 1. The monoisotopic (exact) mass is 342 g/mol. The minimum Gasteiger partial charge on any atom is -0.422 e. The number of hydrogen-bond donors (Lipinski definition) is 1. The van der Waals surface area contributed by atoms with Gasteiger partial charge in [0.05, 0.1) is 11.7 Å². The van der Waals surface area contributed by atoms with Crippen LogP contribution in [-0.2, 0) is 4.74 Å². The van der Waals surface area contributed by atoms with Crippen LogP contribution in [0, 0.1) is 19.8 Å². The van der Waals surface area contributed by atoms with Gasteiger partial charge in [0.15, 0.2) is 0 Å². The van der Waals surface area contributed by atoms with E-state index in [0.717, 1.165) is 48.6 Å². The molecule has 2 aliphatic heterocycles. The summed E-state index contributed by atoms with van der Waals surface area (Å²) in [7, 11) is 0. The second kappa shape index (κ2) is 5.42. The summed E-state index contributed by atoms with van der Waals surface area (Å²) in [6.07, 6.45) is 3.07. The van der Waals surface area contributed by atoms with Crippen molar-refractivity contribution in [3.63, 3.8) is 0 Å². The molecule has 1 saturated carbocycles. The van der Waals surface area contributed by atoms with Gasteiger partial charge in [-0.15, -0.1) is 10.2 Å². The lowest BCUT2D eigenvalue weighted by Gasteiger charge is -2.18. The Morgan fingerprint density at radius 3 is 2.72 bits per heavy atom. The number of ether oxygens (including phenoxy) is 1. The molecule has 3 atom stereocenters. The fraction of sp³-hybridized carbons (Fsp3) is 0.611. The van der Waals surface area contributed by atoms with E-state index < -0.39 is 0 Å². The second-order valence-corrected chi connectivity index (χ2v) is 7.61. The van der Waals surface area contributed by atoms with E-state index in [2.05, 4.69) is 15.2 Å². The summed E-state index contributed by atoms with van der Waals surface area (Å²) >= 11 is 0. The minimum atomic E-state index is -0.122. The molecule has 2 aromatic heterocycles. The molecule has 132 valence electrons. The van der Waals surface area contributed by atoms with Crippen molar-refractivity contribution in [2.75, 3.05) is 13.1 Å². The van der Waals surface area contributed by atoms with Crippen molar-refractivity contribution < 1.29 is 13.9 Å². The van der Waals surface area contributed by atoms with E-state index in [1.54, 1.807) is 0 Å². The van der Waals surface area contributed by atoms with E-state index >= 15 is 0 Å². The van der Waals surface area contributed by atoms with Crippen LogP contribution in [0.4, 0.5) is 0 Å². The third kappa shape index (κ3) is 2.57. The zero-order valence-corrected chi connectivity index (χ0v) is 14.5. The highest BCUT2D eigenvalue weighted by Gasteiger charge is 2.46. The highest BCUT2D eigenvalue weighted by molar-refractivity contribution is 5.95. The van der Waals surface area contributed by atoms with E-state index in [1.165, 1.54) is 0 Å². The number of H-pyrrole nitrogens is 1. The van der Waals surface area contributed by atoms with Gasteiger partial charge in [-0.2, -0.15) is 0 Å². The first-order valence-corrected chi connectivity index (χ1v) is 9.02. The van der Waals surface area contributed by atoms with Gasteiger partial charge in [0, 0.05) is 36.3 Å². The van der Waals surface area contributed by atoms with E-state index in [9.17, 15) is 4.79 Å². The van der Waals surface area contributed by atoms with E-state index in [4.69, 9.17) is 9.15 Å². The molecule has 4 heterocycles. The predicted molar refractivity (Wildman–Crippen MR) is 88.2 cm³/mol. The number of aryl methyl sites for hydroxylation is 2. The van der Waals surface area contributed by atoms with Crippen LogP contribution in [0.15, 0.2) is 10.5 Å². The number of aromatic amines is 1. The summed E-state index contributed by atoms with van der Waals surface area (Å²) in [6.45, 7) is 5.27. The van der Waals surface area contributed by atoms with Crippen molar-refractivity contribution in [1.29, 1.82) is 0 Å². The summed E-state index contributed by atoms with van der Waals surface area (Å²) < 4.78 is 11.9. The van der Waals surface area contributed by atoms with Crippen molar-refractivity contribution in [2.24, 2.45) is 5.92 Å². The van der Waals surface area contributed by atoms with Crippen molar-refractivity contribution in [3.8, 4) is 0 Å². The third-order valence-electron chi connectivity index (χ3n) is 5.56. The van der Waals surface area contributed by atoms with Crippen molar-refractivity contribution >= 4 is 5.91 Å². The maximum absolute atomic E-state index is 12.8. The lowest BCUT2D eigenvalue weighted by atomic mass is 10.0. The topological polar surface area (TPSA) is 84.2 Å². The van der Waals surface area contributed by atoms with Crippen molar-refractivity contribution in [1.82, 2.24) is 20.1 Å². The van der Waals surface area contributed by atoms with Crippen molar-refractivity contribution in [3.05, 3.63) is 34.8 Å². The van der Waals surface area contributed by atoms with E-state index in [1.807, 2.05) is 24.8 Å². The molecule has 0 bridgehead atoms. The van der Waals surface area contributed by atoms with Gasteiger partial charge in [0.25, 0.3) is 5.91 Å². The number of carbonyl (C=O) groups excluding carboxylic acids is 1. The molecular formula is C18H22N4O3. The highest BCUT2D eigenvalue weighted by atomic mass is 16.5. The minimum absolute atomic E-state index is 0.0607. The lowest BCUT2D eigenvalue weighted by molar-refractivity contribution is 0.0222. The molecule has 5 rings (SSSR count). The molecule has 2 saturated heterocycles. The van der Waals surface area contributed by atoms with Gasteiger partial charge in [-0.3, -0.25) is 4.79 Å². The van der Waals surface area contributed by atoms with Gasteiger partial charge in [-0.05, 0) is 39.2 Å². The molecule has 2 aromatic rings. The van der Waals surface area contributed by atoms with Gasteiger partial charge in [0.2, 0.25) is 11.8 Å². The quantitative estimate of drug-likeness (QED) is 0.926. The Labute approximate surface area is 145 Å². The maximum atomic E-state index is 12.8. The van der Waals surface area contributed by atoms with Gasteiger partial charge in [0.1, 0.15) is 6.10 Å². The van der Waals surface area contributed by atoms with Crippen LogP contribution in [-0.4, -0.2) is 45.2 Å². The second-order valence-electron chi connectivity index (χ2n) is 7.61. The summed E-state index contributed by atoms with van der Waals surface area (Å²) in [5.74, 6) is 2.25.